The van der Waals surface area contributed by atoms with Crippen molar-refractivity contribution in [3.8, 4) is 0 Å². The van der Waals surface area contributed by atoms with Crippen molar-refractivity contribution in [1.82, 2.24) is 5.32 Å². The summed E-state index contributed by atoms with van der Waals surface area (Å²) in [4.78, 5) is 12.9. The first-order chi connectivity index (χ1) is 8.08. The van der Waals surface area contributed by atoms with Gasteiger partial charge in [-0.15, -0.1) is 0 Å². The maximum Gasteiger partial charge on any atom is 0.239 e. The van der Waals surface area contributed by atoms with Crippen molar-refractivity contribution in [1.29, 1.82) is 0 Å². The second-order valence-corrected chi connectivity index (χ2v) is 3.80. The summed E-state index contributed by atoms with van der Waals surface area (Å²) in [7, 11) is 1.68. The van der Waals surface area contributed by atoms with Crippen LogP contribution in [0.2, 0.25) is 0 Å². The molecule has 1 rings (SSSR count). The Hall–Kier alpha value is -1.62. The van der Waals surface area contributed by atoms with E-state index in [4.69, 9.17) is 5.73 Å². The summed E-state index contributed by atoms with van der Waals surface area (Å²) in [5.74, 6) is -0.489. The molecule has 0 fully saturated rings. The quantitative estimate of drug-likeness (QED) is 0.801. The third kappa shape index (κ3) is 3.71. The monoisotopic (exact) mass is 239 g/mol. The Morgan fingerprint density at radius 2 is 2.24 bits per heavy atom. The van der Waals surface area contributed by atoms with Gasteiger partial charge >= 0.3 is 0 Å². The molecule has 1 amide bonds. The highest BCUT2D eigenvalue weighted by molar-refractivity contribution is 5.81. The number of nitrogens with one attached hydrogen (secondary N) is 1. The molecule has 0 heterocycles. The van der Waals surface area contributed by atoms with Crippen molar-refractivity contribution in [3.05, 3.63) is 29.6 Å². The Bertz CT molecular complexity index is 395. The van der Waals surface area contributed by atoms with Gasteiger partial charge in [-0.1, -0.05) is 6.07 Å². The fraction of sp³-hybridized carbons (Fsp3) is 0.417. The van der Waals surface area contributed by atoms with Gasteiger partial charge in [0.05, 0.1) is 12.2 Å². The van der Waals surface area contributed by atoms with Crippen LogP contribution in [0.25, 0.3) is 0 Å². The number of carbonyl (C=O) groups is 1. The van der Waals surface area contributed by atoms with Gasteiger partial charge < -0.3 is 16.0 Å². The van der Waals surface area contributed by atoms with Crippen molar-refractivity contribution in [2.45, 2.75) is 13.5 Å². The van der Waals surface area contributed by atoms with Gasteiger partial charge in [0.15, 0.2) is 0 Å². The van der Waals surface area contributed by atoms with Crippen LogP contribution in [0.5, 0.6) is 0 Å². The number of halogens is 1. The number of benzene rings is 1. The molecule has 5 heteroatoms. The Morgan fingerprint density at radius 1 is 1.53 bits per heavy atom. The number of likely N-dealkylation sites (N-methyl/N-ethyl adjacent to an activating group) is 2. The highest BCUT2D eigenvalue weighted by atomic mass is 19.1. The second-order valence-electron chi connectivity index (χ2n) is 3.80. The summed E-state index contributed by atoms with van der Waals surface area (Å²) in [5, 5.41) is 2.67. The minimum absolute atomic E-state index is 0.127. The largest absolute Gasteiger partial charge is 0.363 e. The Balaban J connectivity index is 2.75. The molecule has 0 saturated carbocycles. The number of nitrogens with two attached hydrogens (primary N) is 1. The van der Waals surface area contributed by atoms with Crippen LogP contribution in [-0.2, 0) is 11.3 Å². The zero-order valence-corrected chi connectivity index (χ0v) is 10.2. The minimum Gasteiger partial charge on any atom is -0.363 e. The van der Waals surface area contributed by atoms with Crippen LogP contribution < -0.4 is 16.0 Å². The van der Waals surface area contributed by atoms with E-state index in [1.54, 1.807) is 24.1 Å². The summed E-state index contributed by atoms with van der Waals surface area (Å²) in [6, 6.07) is 4.78. The smallest absolute Gasteiger partial charge is 0.239 e. The Morgan fingerprint density at radius 3 is 2.76 bits per heavy atom. The van der Waals surface area contributed by atoms with E-state index in [0.29, 0.717) is 18.8 Å². The van der Waals surface area contributed by atoms with Crippen molar-refractivity contribution < 1.29 is 9.18 Å². The highest BCUT2D eigenvalue weighted by Crippen LogP contribution is 2.18. The molecule has 1 aromatic carbocycles. The summed E-state index contributed by atoms with van der Waals surface area (Å²) in [6.07, 6.45) is 0. The number of anilines is 1. The van der Waals surface area contributed by atoms with E-state index in [2.05, 4.69) is 5.32 Å². The molecule has 1 aromatic rings. The lowest BCUT2D eigenvalue weighted by atomic mass is 10.2. The van der Waals surface area contributed by atoms with Crippen molar-refractivity contribution in [3.63, 3.8) is 0 Å². The van der Waals surface area contributed by atoms with Crippen LogP contribution in [0.15, 0.2) is 18.2 Å². The molecule has 0 aliphatic rings. The molecular formula is C12H18FN3O. The van der Waals surface area contributed by atoms with Crippen molar-refractivity contribution in [2.75, 3.05) is 25.0 Å². The van der Waals surface area contributed by atoms with Crippen molar-refractivity contribution in [2.24, 2.45) is 5.73 Å². The summed E-state index contributed by atoms with van der Waals surface area (Å²) in [5.41, 5.74) is 6.55. The number of hydrogen-bond donors (Lipinski definition) is 2. The van der Waals surface area contributed by atoms with Gasteiger partial charge in [-0.2, -0.15) is 0 Å². The number of rotatable bonds is 5. The molecule has 0 radical (unpaired) electrons. The van der Waals surface area contributed by atoms with Gasteiger partial charge in [0.25, 0.3) is 0 Å². The van der Waals surface area contributed by atoms with E-state index in [-0.39, 0.29) is 18.3 Å². The number of amides is 1. The minimum atomic E-state index is -0.361. The molecule has 0 atom stereocenters. The molecule has 4 nitrogen and oxygen atoms in total. The molecule has 17 heavy (non-hydrogen) atoms. The zero-order valence-electron chi connectivity index (χ0n) is 10.2. The standard InChI is InChI=1S/C12H18FN3O/c1-3-15-12(17)8-16(2)11-5-4-9(7-14)6-10(11)13/h4-6H,3,7-8,14H2,1-2H3,(H,15,17). The Kier molecular flexibility index (Phi) is 4.90. The van der Waals surface area contributed by atoms with E-state index < -0.39 is 0 Å². The average molecular weight is 239 g/mol. The zero-order chi connectivity index (χ0) is 12.8. The molecule has 0 aromatic heterocycles. The van der Waals surface area contributed by atoms with Gasteiger partial charge in [0, 0.05) is 20.1 Å². The fourth-order valence-corrected chi connectivity index (χ4v) is 1.54. The maximum atomic E-state index is 13.7. The molecule has 0 unspecified atom stereocenters. The lowest BCUT2D eigenvalue weighted by Gasteiger charge is -2.19. The topological polar surface area (TPSA) is 58.4 Å². The first-order valence-corrected chi connectivity index (χ1v) is 5.54. The summed E-state index contributed by atoms with van der Waals surface area (Å²) >= 11 is 0. The van der Waals surface area contributed by atoms with Crippen LogP contribution in [0.3, 0.4) is 0 Å². The Labute approximate surface area is 101 Å². The molecule has 0 aliphatic carbocycles. The van der Waals surface area contributed by atoms with Crippen molar-refractivity contribution >= 4 is 11.6 Å². The normalized spacial score (nSPS) is 10.1. The van der Waals surface area contributed by atoms with E-state index in [0.717, 1.165) is 5.56 Å². The molecule has 0 aliphatic heterocycles. The predicted molar refractivity (Wildman–Crippen MR) is 66.2 cm³/mol. The number of hydrogen-bond acceptors (Lipinski definition) is 3. The van der Waals surface area contributed by atoms with E-state index in [9.17, 15) is 9.18 Å². The lowest BCUT2D eigenvalue weighted by molar-refractivity contribution is -0.119. The third-order valence-corrected chi connectivity index (χ3v) is 2.41. The second kappa shape index (κ2) is 6.20. The predicted octanol–water partition coefficient (Wildman–Crippen LogP) is 0.857. The van der Waals surface area contributed by atoms with E-state index in [1.165, 1.54) is 6.07 Å². The van der Waals surface area contributed by atoms with Gasteiger partial charge in [0.1, 0.15) is 5.82 Å². The average Bonchev–Trinajstić information content (AvgIpc) is 2.28. The van der Waals surface area contributed by atoms with Crippen LogP contribution >= 0.6 is 0 Å². The third-order valence-electron chi connectivity index (χ3n) is 2.41. The molecular weight excluding hydrogens is 221 g/mol. The molecule has 0 spiro atoms. The van der Waals surface area contributed by atoms with Gasteiger partial charge in [-0.25, -0.2) is 4.39 Å². The lowest BCUT2D eigenvalue weighted by Crippen LogP contribution is -2.35. The molecule has 0 bridgehead atoms. The van der Waals surface area contributed by atoms with E-state index >= 15 is 0 Å². The van der Waals surface area contributed by atoms with Gasteiger partial charge in [0.2, 0.25) is 5.91 Å². The number of nitrogens with zero attached hydrogens (tertiary/aromatic N) is 1. The van der Waals surface area contributed by atoms with Gasteiger partial charge in [-0.05, 0) is 24.6 Å². The number of carbonyl (C=O) groups excluding carboxylic acids is 1. The first kappa shape index (κ1) is 13.4. The van der Waals surface area contributed by atoms with E-state index in [1.807, 2.05) is 6.92 Å². The molecule has 3 N–H and O–H groups in total. The highest BCUT2D eigenvalue weighted by Gasteiger charge is 2.11. The maximum absolute atomic E-state index is 13.7. The van der Waals surface area contributed by atoms with Crippen LogP contribution in [0.4, 0.5) is 10.1 Å². The van der Waals surface area contributed by atoms with Crippen LogP contribution in [-0.4, -0.2) is 26.0 Å². The first-order valence-electron chi connectivity index (χ1n) is 5.54. The SMILES string of the molecule is CCNC(=O)CN(C)c1ccc(CN)cc1F. The summed E-state index contributed by atoms with van der Waals surface area (Å²) in [6.45, 7) is 2.85. The van der Waals surface area contributed by atoms with Crippen LogP contribution in [0, 0.1) is 5.82 Å². The summed E-state index contributed by atoms with van der Waals surface area (Å²) < 4.78 is 13.7. The fourth-order valence-electron chi connectivity index (χ4n) is 1.54. The van der Waals surface area contributed by atoms with Crippen LogP contribution in [0.1, 0.15) is 12.5 Å². The molecule has 94 valence electrons. The molecule has 0 saturated heterocycles. The van der Waals surface area contributed by atoms with Gasteiger partial charge in [-0.3, -0.25) is 4.79 Å².